The molecule has 124 valence electrons. The number of anilines is 1. The Morgan fingerprint density at radius 2 is 1.78 bits per heavy atom. The molecule has 0 aliphatic heterocycles. The summed E-state index contributed by atoms with van der Waals surface area (Å²) in [4.78, 5) is 0. The topological polar surface area (TPSA) is 21.3 Å². The number of hydrogen-bond donors (Lipinski definition) is 1. The standard InChI is InChI=1S/C20H26ClNO/c1-2-3-4-5-8-14-23-19-12-9-11-18(15-19)22-16-17-10-6-7-13-20(17)21/h6-7,9-13,15,22H,2-5,8,14,16H2,1H3. The SMILES string of the molecule is CCCCCCCOc1cccc(NCc2ccccc2Cl)c1. The molecule has 1 N–H and O–H groups in total. The molecule has 0 saturated carbocycles. The molecule has 0 spiro atoms. The summed E-state index contributed by atoms with van der Waals surface area (Å²) in [6, 6.07) is 16.0. The molecule has 0 unspecified atom stereocenters. The Hall–Kier alpha value is -1.67. The molecule has 0 aliphatic carbocycles. The molecular formula is C20H26ClNO. The van der Waals surface area contributed by atoms with Gasteiger partial charge in [-0.25, -0.2) is 0 Å². The quantitative estimate of drug-likeness (QED) is 0.516. The van der Waals surface area contributed by atoms with Crippen molar-refractivity contribution in [3.8, 4) is 5.75 Å². The van der Waals surface area contributed by atoms with Gasteiger partial charge >= 0.3 is 0 Å². The number of rotatable bonds is 10. The summed E-state index contributed by atoms with van der Waals surface area (Å²) in [6.45, 7) is 3.73. The van der Waals surface area contributed by atoms with Crippen molar-refractivity contribution in [2.75, 3.05) is 11.9 Å². The molecule has 2 aromatic carbocycles. The molecule has 0 saturated heterocycles. The van der Waals surface area contributed by atoms with E-state index in [1.165, 1.54) is 25.7 Å². The van der Waals surface area contributed by atoms with Crippen molar-refractivity contribution >= 4 is 17.3 Å². The highest BCUT2D eigenvalue weighted by atomic mass is 35.5. The first kappa shape index (κ1) is 17.7. The zero-order valence-electron chi connectivity index (χ0n) is 13.9. The monoisotopic (exact) mass is 331 g/mol. The summed E-state index contributed by atoms with van der Waals surface area (Å²) < 4.78 is 5.84. The van der Waals surface area contributed by atoms with Crippen LogP contribution in [0.15, 0.2) is 48.5 Å². The second-order valence-corrected chi connectivity index (χ2v) is 6.14. The van der Waals surface area contributed by atoms with Crippen LogP contribution in [0.5, 0.6) is 5.75 Å². The van der Waals surface area contributed by atoms with Crippen molar-refractivity contribution in [2.24, 2.45) is 0 Å². The van der Waals surface area contributed by atoms with Crippen LogP contribution >= 0.6 is 11.6 Å². The Bertz CT molecular complexity index is 585. The number of ether oxygens (including phenoxy) is 1. The van der Waals surface area contributed by atoms with E-state index in [1.807, 2.05) is 48.5 Å². The molecule has 0 heterocycles. The zero-order valence-corrected chi connectivity index (χ0v) is 14.6. The smallest absolute Gasteiger partial charge is 0.121 e. The summed E-state index contributed by atoms with van der Waals surface area (Å²) in [6.07, 6.45) is 6.27. The maximum atomic E-state index is 6.18. The van der Waals surface area contributed by atoms with Gasteiger partial charge in [-0.15, -0.1) is 0 Å². The Balaban J connectivity index is 1.77. The molecule has 3 heteroatoms. The second-order valence-electron chi connectivity index (χ2n) is 5.74. The molecule has 0 bridgehead atoms. The van der Waals surface area contributed by atoms with Gasteiger partial charge in [0.1, 0.15) is 5.75 Å². The largest absolute Gasteiger partial charge is 0.494 e. The molecule has 2 nitrogen and oxygen atoms in total. The van der Waals surface area contributed by atoms with Crippen LogP contribution in [0, 0.1) is 0 Å². The first-order chi connectivity index (χ1) is 11.3. The third kappa shape index (κ3) is 6.54. The highest BCUT2D eigenvalue weighted by molar-refractivity contribution is 6.31. The molecule has 2 aromatic rings. The number of benzene rings is 2. The van der Waals surface area contributed by atoms with Crippen molar-refractivity contribution in [1.82, 2.24) is 0 Å². The van der Waals surface area contributed by atoms with Gasteiger partial charge < -0.3 is 10.1 Å². The van der Waals surface area contributed by atoms with E-state index in [2.05, 4.69) is 12.2 Å². The average Bonchev–Trinajstić information content (AvgIpc) is 2.58. The molecule has 0 aromatic heterocycles. The molecule has 0 fully saturated rings. The van der Waals surface area contributed by atoms with E-state index < -0.39 is 0 Å². The average molecular weight is 332 g/mol. The van der Waals surface area contributed by atoms with Gasteiger partial charge in [0.25, 0.3) is 0 Å². The van der Waals surface area contributed by atoms with Crippen molar-refractivity contribution in [2.45, 2.75) is 45.6 Å². The van der Waals surface area contributed by atoms with E-state index >= 15 is 0 Å². The summed E-state index contributed by atoms with van der Waals surface area (Å²) in [5, 5.41) is 4.19. The van der Waals surface area contributed by atoms with Crippen LogP contribution in [0.3, 0.4) is 0 Å². The molecule has 0 amide bonds. The van der Waals surface area contributed by atoms with E-state index in [9.17, 15) is 0 Å². The predicted octanol–water partition coefficient (Wildman–Crippen LogP) is 6.30. The third-order valence-electron chi connectivity index (χ3n) is 3.79. The summed E-state index contributed by atoms with van der Waals surface area (Å²) in [5.41, 5.74) is 2.14. The van der Waals surface area contributed by atoms with Crippen LogP contribution in [0.2, 0.25) is 5.02 Å². The van der Waals surface area contributed by atoms with Gasteiger partial charge in [0.05, 0.1) is 6.61 Å². The summed E-state index contributed by atoms with van der Waals surface area (Å²) >= 11 is 6.18. The minimum Gasteiger partial charge on any atom is -0.494 e. The third-order valence-corrected chi connectivity index (χ3v) is 4.16. The Labute approximate surface area is 144 Å². The fraction of sp³-hybridized carbons (Fsp3) is 0.400. The normalized spacial score (nSPS) is 10.5. The predicted molar refractivity (Wildman–Crippen MR) is 99.5 cm³/mol. The lowest BCUT2D eigenvalue weighted by Gasteiger charge is -2.11. The molecular weight excluding hydrogens is 306 g/mol. The van der Waals surface area contributed by atoms with Crippen molar-refractivity contribution in [3.63, 3.8) is 0 Å². The Kier molecular flexibility index (Phi) is 7.82. The van der Waals surface area contributed by atoms with Gasteiger partial charge in [0.2, 0.25) is 0 Å². The lowest BCUT2D eigenvalue weighted by molar-refractivity contribution is 0.304. The molecule has 23 heavy (non-hydrogen) atoms. The number of nitrogens with one attached hydrogen (secondary N) is 1. The molecule has 0 atom stereocenters. The van der Waals surface area contributed by atoms with Gasteiger partial charge in [-0.2, -0.15) is 0 Å². The Morgan fingerprint density at radius 1 is 0.957 bits per heavy atom. The summed E-state index contributed by atoms with van der Waals surface area (Å²) in [7, 11) is 0. The molecule has 0 radical (unpaired) electrons. The minimum absolute atomic E-state index is 0.708. The first-order valence-electron chi connectivity index (χ1n) is 8.49. The van der Waals surface area contributed by atoms with Gasteiger partial charge in [-0.05, 0) is 30.2 Å². The van der Waals surface area contributed by atoms with Crippen LogP contribution in [-0.2, 0) is 6.54 Å². The highest BCUT2D eigenvalue weighted by Gasteiger charge is 2.00. The molecule has 0 aliphatic rings. The highest BCUT2D eigenvalue weighted by Crippen LogP contribution is 2.20. The van der Waals surface area contributed by atoms with Crippen molar-refractivity contribution in [1.29, 1.82) is 0 Å². The molecule has 2 rings (SSSR count). The van der Waals surface area contributed by atoms with E-state index in [0.29, 0.717) is 6.54 Å². The van der Waals surface area contributed by atoms with Crippen molar-refractivity contribution < 1.29 is 4.74 Å². The van der Waals surface area contributed by atoms with Crippen LogP contribution in [0.25, 0.3) is 0 Å². The fourth-order valence-electron chi connectivity index (χ4n) is 2.43. The van der Waals surface area contributed by atoms with Crippen LogP contribution in [0.4, 0.5) is 5.69 Å². The minimum atomic E-state index is 0.708. The first-order valence-corrected chi connectivity index (χ1v) is 8.87. The van der Waals surface area contributed by atoms with Gasteiger partial charge in [0.15, 0.2) is 0 Å². The fourth-order valence-corrected chi connectivity index (χ4v) is 2.63. The van der Waals surface area contributed by atoms with Gasteiger partial charge in [-0.3, -0.25) is 0 Å². The van der Waals surface area contributed by atoms with Crippen LogP contribution in [-0.4, -0.2) is 6.61 Å². The zero-order chi connectivity index (χ0) is 16.3. The van der Waals surface area contributed by atoms with E-state index in [4.69, 9.17) is 16.3 Å². The van der Waals surface area contributed by atoms with Gasteiger partial charge in [-0.1, -0.05) is 68.5 Å². The van der Waals surface area contributed by atoms with E-state index in [1.54, 1.807) is 0 Å². The van der Waals surface area contributed by atoms with E-state index in [0.717, 1.165) is 35.1 Å². The number of unbranched alkanes of at least 4 members (excludes halogenated alkanes) is 4. The second kappa shape index (κ2) is 10.2. The maximum Gasteiger partial charge on any atom is 0.121 e. The van der Waals surface area contributed by atoms with Gasteiger partial charge in [0, 0.05) is 23.3 Å². The maximum absolute atomic E-state index is 6.18. The van der Waals surface area contributed by atoms with Crippen LogP contribution in [0.1, 0.15) is 44.6 Å². The van der Waals surface area contributed by atoms with E-state index in [-0.39, 0.29) is 0 Å². The Morgan fingerprint density at radius 3 is 2.61 bits per heavy atom. The van der Waals surface area contributed by atoms with Crippen molar-refractivity contribution in [3.05, 3.63) is 59.1 Å². The lowest BCUT2D eigenvalue weighted by atomic mass is 10.2. The number of hydrogen-bond acceptors (Lipinski definition) is 2. The summed E-state index contributed by atoms with van der Waals surface area (Å²) in [5.74, 6) is 0.921. The lowest BCUT2D eigenvalue weighted by Crippen LogP contribution is -2.01. The van der Waals surface area contributed by atoms with Crippen LogP contribution < -0.4 is 10.1 Å². The number of halogens is 1.